The molecule has 0 aliphatic rings. The van der Waals surface area contributed by atoms with Crippen LogP contribution in [0.15, 0.2) is 60.1 Å². The Balaban J connectivity index is 1.71. The lowest BCUT2D eigenvalue weighted by Gasteiger charge is -2.16. The molecule has 0 aliphatic carbocycles. The third-order valence-electron chi connectivity index (χ3n) is 4.99. The highest BCUT2D eigenvalue weighted by atomic mass is 32.2. The van der Waals surface area contributed by atoms with Gasteiger partial charge in [-0.3, -0.25) is 4.68 Å². The molecule has 3 aromatic heterocycles. The molecule has 0 amide bonds. The number of nitrogens with zero attached hydrogens (tertiary/aromatic N) is 5. The van der Waals surface area contributed by atoms with Crippen molar-refractivity contribution < 1.29 is 13.2 Å². The molecule has 1 unspecified atom stereocenters. The molecule has 0 saturated carbocycles. The molecule has 158 valence electrons. The summed E-state index contributed by atoms with van der Waals surface area (Å²) >= 11 is 0. The first-order valence-corrected chi connectivity index (χ1v) is 11.2. The van der Waals surface area contributed by atoms with Crippen LogP contribution in [0.3, 0.4) is 0 Å². The third kappa shape index (κ3) is 4.19. The van der Waals surface area contributed by atoms with E-state index in [4.69, 9.17) is 4.74 Å². The molecule has 0 spiro atoms. The normalized spacial score (nSPS) is 12.6. The molecule has 10 heteroatoms. The molecule has 0 fully saturated rings. The lowest BCUT2D eigenvalue weighted by molar-refractivity contribution is 0.217. The number of benzene rings is 1. The van der Waals surface area contributed by atoms with Crippen molar-refractivity contribution in [3.8, 4) is 17.3 Å². The standard InChI is InChI=1S/C21H20N6O3S/c1-30-9-10-31(28,29)17-4-2-3-15(11-17)19(5-7-22)27-13-16(12-26-27)20-18-6-8-23-21(18)25-14-24-20/h2-4,6,8,11-14,19H,5,9-10H2,1H3,(H,23,24,25). The molecule has 1 N–H and O–H groups in total. The summed E-state index contributed by atoms with van der Waals surface area (Å²) in [4.78, 5) is 11.8. The van der Waals surface area contributed by atoms with Gasteiger partial charge in [-0.15, -0.1) is 0 Å². The van der Waals surface area contributed by atoms with Crippen LogP contribution in [-0.2, 0) is 14.6 Å². The van der Waals surface area contributed by atoms with Crippen molar-refractivity contribution >= 4 is 20.9 Å². The summed E-state index contributed by atoms with van der Waals surface area (Å²) in [5.74, 6) is -0.109. The quantitative estimate of drug-likeness (QED) is 0.450. The molecule has 1 atom stereocenters. The number of H-pyrrole nitrogens is 1. The maximum Gasteiger partial charge on any atom is 0.180 e. The van der Waals surface area contributed by atoms with Crippen LogP contribution in [0.1, 0.15) is 18.0 Å². The Hall–Kier alpha value is -3.55. The SMILES string of the molecule is COCCS(=O)(=O)c1cccc(C(CC#N)n2cc(-c3ncnc4[nH]ccc34)cn2)c1. The van der Waals surface area contributed by atoms with Gasteiger partial charge in [0, 0.05) is 30.5 Å². The van der Waals surface area contributed by atoms with E-state index >= 15 is 0 Å². The zero-order chi connectivity index (χ0) is 21.8. The van der Waals surface area contributed by atoms with Crippen molar-refractivity contribution in [1.29, 1.82) is 5.26 Å². The van der Waals surface area contributed by atoms with Gasteiger partial charge in [0.15, 0.2) is 9.84 Å². The van der Waals surface area contributed by atoms with Crippen LogP contribution in [0.2, 0.25) is 0 Å². The summed E-state index contributed by atoms with van der Waals surface area (Å²) in [6, 6.07) is 10.2. The van der Waals surface area contributed by atoms with Gasteiger partial charge in [0.05, 0.1) is 47.7 Å². The molecule has 0 aliphatic heterocycles. The van der Waals surface area contributed by atoms with Gasteiger partial charge >= 0.3 is 0 Å². The van der Waals surface area contributed by atoms with Gasteiger partial charge in [-0.25, -0.2) is 18.4 Å². The highest BCUT2D eigenvalue weighted by Gasteiger charge is 2.20. The summed E-state index contributed by atoms with van der Waals surface area (Å²) in [5, 5.41) is 14.7. The van der Waals surface area contributed by atoms with Crippen molar-refractivity contribution in [2.75, 3.05) is 19.5 Å². The highest BCUT2D eigenvalue weighted by molar-refractivity contribution is 7.91. The number of hydrogen-bond acceptors (Lipinski definition) is 7. The average molecular weight is 436 g/mol. The Morgan fingerprint density at radius 1 is 1.29 bits per heavy atom. The van der Waals surface area contributed by atoms with E-state index in [2.05, 4.69) is 26.1 Å². The Bertz CT molecular complexity index is 1350. The topological polar surface area (TPSA) is 127 Å². The van der Waals surface area contributed by atoms with Gasteiger partial charge in [-0.05, 0) is 23.8 Å². The molecular formula is C21H20N6O3S. The minimum atomic E-state index is -3.49. The van der Waals surface area contributed by atoms with Crippen LogP contribution >= 0.6 is 0 Å². The number of nitrogens with one attached hydrogen (secondary N) is 1. The molecule has 0 bridgehead atoms. The van der Waals surface area contributed by atoms with E-state index in [1.807, 2.05) is 12.3 Å². The number of methoxy groups -OCH3 is 1. The zero-order valence-electron chi connectivity index (χ0n) is 16.8. The molecule has 0 radical (unpaired) electrons. The number of sulfone groups is 1. The average Bonchev–Trinajstić information content (AvgIpc) is 3.46. The van der Waals surface area contributed by atoms with Crippen molar-refractivity contribution in [2.45, 2.75) is 17.4 Å². The summed E-state index contributed by atoms with van der Waals surface area (Å²) in [5.41, 5.74) is 2.91. The minimum Gasteiger partial charge on any atom is -0.384 e. The van der Waals surface area contributed by atoms with Crippen LogP contribution in [0.5, 0.6) is 0 Å². The van der Waals surface area contributed by atoms with Crippen LogP contribution in [-0.4, -0.2) is 52.6 Å². The summed E-state index contributed by atoms with van der Waals surface area (Å²) in [6.45, 7) is 0.114. The largest absolute Gasteiger partial charge is 0.384 e. The third-order valence-corrected chi connectivity index (χ3v) is 6.67. The lowest BCUT2D eigenvalue weighted by atomic mass is 10.0. The Morgan fingerprint density at radius 2 is 2.16 bits per heavy atom. The second kappa shape index (κ2) is 8.67. The maximum absolute atomic E-state index is 12.6. The van der Waals surface area contributed by atoms with Crippen molar-refractivity contribution in [1.82, 2.24) is 24.7 Å². The minimum absolute atomic E-state index is 0.109. The van der Waals surface area contributed by atoms with E-state index in [-0.39, 0.29) is 23.7 Å². The van der Waals surface area contributed by atoms with Gasteiger partial charge in [0.25, 0.3) is 0 Å². The highest BCUT2D eigenvalue weighted by Crippen LogP contribution is 2.28. The van der Waals surface area contributed by atoms with Crippen LogP contribution in [0.4, 0.5) is 0 Å². The van der Waals surface area contributed by atoms with Crippen molar-refractivity contribution in [3.63, 3.8) is 0 Å². The molecule has 4 aromatic rings. The first-order valence-electron chi connectivity index (χ1n) is 9.54. The van der Waals surface area contributed by atoms with Crippen LogP contribution in [0.25, 0.3) is 22.3 Å². The molecule has 3 heterocycles. The Morgan fingerprint density at radius 3 is 2.97 bits per heavy atom. The number of nitriles is 1. The van der Waals surface area contributed by atoms with Gasteiger partial charge in [0.1, 0.15) is 12.0 Å². The molecule has 1 aromatic carbocycles. The van der Waals surface area contributed by atoms with E-state index in [0.717, 1.165) is 22.3 Å². The molecule has 31 heavy (non-hydrogen) atoms. The van der Waals surface area contributed by atoms with Gasteiger partial charge in [0.2, 0.25) is 0 Å². The Kier molecular flexibility index (Phi) is 5.79. The number of fused-ring (bicyclic) bond motifs is 1. The van der Waals surface area contributed by atoms with E-state index in [1.165, 1.54) is 13.4 Å². The lowest BCUT2D eigenvalue weighted by Crippen LogP contribution is -2.14. The van der Waals surface area contributed by atoms with Crippen molar-refractivity contribution in [3.05, 3.63) is 60.8 Å². The van der Waals surface area contributed by atoms with Gasteiger partial charge in [-0.1, -0.05) is 12.1 Å². The number of rotatable bonds is 8. The molecule has 4 rings (SSSR count). The number of aromatic nitrogens is 5. The predicted molar refractivity (Wildman–Crippen MR) is 114 cm³/mol. The maximum atomic E-state index is 12.6. The fourth-order valence-corrected chi connectivity index (χ4v) is 4.63. The summed E-state index contributed by atoms with van der Waals surface area (Å²) < 4.78 is 31.7. The first-order chi connectivity index (χ1) is 15.0. The van der Waals surface area contributed by atoms with E-state index < -0.39 is 15.9 Å². The number of hydrogen-bond donors (Lipinski definition) is 1. The number of ether oxygens (including phenoxy) is 1. The van der Waals surface area contributed by atoms with Gasteiger partial charge < -0.3 is 9.72 Å². The molecule has 0 saturated heterocycles. The summed E-state index contributed by atoms with van der Waals surface area (Å²) in [7, 11) is -2.03. The second-order valence-electron chi connectivity index (χ2n) is 6.93. The van der Waals surface area contributed by atoms with E-state index in [9.17, 15) is 13.7 Å². The smallest absolute Gasteiger partial charge is 0.180 e. The fraction of sp³-hybridized carbons (Fsp3) is 0.238. The Labute approximate surface area is 179 Å². The predicted octanol–water partition coefficient (Wildman–Crippen LogP) is 2.74. The summed E-state index contributed by atoms with van der Waals surface area (Å²) in [6.07, 6.45) is 6.89. The molecule has 9 nitrogen and oxygen atoms in total. The zero-order valence-corrected chi connectivity index (χ0v) is 17.6. The van der Waals surface area contributed by atoms with Crippen LogP contribution < -0.4 is 0 Å². The second-order valence-corrected chi connectivity index (χ2v) is 9.04. The van der Waals surface area contributed by atoms with Gasteiger partial charge in [-0.2, -0.15) is 10.4 Å². The monoisotopic (exact) mass is 436 g/mol. The first kappa shape index (κ1) is 20.7. The number of aromatic amines is 1. The molecular weight excluding hydrogens is 416 g/mol. The fourth-order valence-electron chi connectivity index (χ4n) is 3.41. The van der Waals surface area contributed by atoms with Crippen LogP contribution in [0, 0.1) is 11.3 Å². The van der Waals surface area contributed by atoms with E-state index in [0.29, 0.717) is 5.56 Å². The van der Waals surface area contributed by atoms with E-state index in [1.54, 1.807) is 41.3 Å². The van der Waals surface area contributed by atoms with Crippen molar-refractivity contribution in [2.24, 2.45) is 0 Å².